The predicted octanol–water partition coefficient (Wildman–Crippen LogP) is 2.01. The molecule has 0 aliphatic carbocycles. The van der Waals surface area contributed by atoms with Crippen molar-refractivity contribution < 1.29 is 4.79 Å². The lowest BCUT2D eigenvalue weighted by Crippen LogP contribution is -2.26. The summed E-state index contributed by atoms with van der Waals surface area (Å²) in [6, 6.07) is 8.25. The number of nitrogens with zero attached hydrogens (tertiary/aromatic N) is 1. The molecule has 0 saturated carbocycles. The van der Waals surface area contributed by atoms with E-state index < -0.39 is 0 Å². The van der Waals surface area contributed by atoms with Gasteiger partial charge in [-0.2, -0.15) is 0 Å². The molecule has 1 aromatic heterocycles. The summed E-state index contributed by atoms with van der Waals surface area (Å²) in [4.78, 5) is 15.6. The highest BCUT2D eigenvalue weighted by molar-refractivity contribution is 7.13. The largest absolute Gasteiger partial charge is 0.375 e. The summed E-state index contributed by atoms with van der Waals surface area (Å²) in [5.41, 5.74) is 8.31. The van der Waals surface area contributed by atoms with Crippen molar-refractivity contribution in [3.63, 3.8) is 0 Å². The van der Waals surface area contributed by atoms with Gasteiger partial charge in [-0.05, 0) is 18.9 Å². The Morgan fingerprint density at radius 1 is 1.50 bits per heavy atom. The molecule has 0 atom stereocenters. The number of nitrogen functional groups attached to an aromatic ring is 1. The second-order valence-electron chi connectivity index (χ2n) is 4.07. The number of carbonyl (C=O) groups excluding carboxylic acids is 1. The highest BCUT2D eigenvalue weighted by Gasteiger charge is 2.08. The number of aryl methyl sites for hydroxylation is 1. The summed E-state index contributed by atoms with van der Waals surface area (Å²) in [6.07, 6.45) is 0.813. The molecular weight excluding hydrogens is 246 g/mol. The Kier molecular flexibility index (Phi) is 3.94. The average Bonchev–Trinajstić information content (AvgIpc) is 2.76. The fourth-order valence-electron chi connectivity index (χ4n) is 1.67. The summed E-state index contributed by atoms with van der Waals surface area (Å²) >= 11 is 1.27. The van der Waals surface area contributed by atoms with Gasteiger partial charge in [-0.1, -0.05) is 29.8 Å². The normalized spacial score (nSPS) is 10.3. The highest BCUT2D eigenvalue weighted by atomic mass is 32.1. The van der Waals surface area contributed by atoms with Crippen molar-refractivity contribution in [3.05, 3.63) is 46.5 Å². The van der Waals surface area contributed by atoms with E-state index in [1.54, 1.807) is 5.38 Å². The van der Waals surface area contributed by atoms with E-state index in [1.807, 2.05) is 6.07 Å². The van der Waals surface area contributed by atoms with Crippen molar-refractivity contribution in [2.24, 2.45) is 0 Å². The number of benzene rings is 1. The van der Waals surface area contributed by atoms with Crippen LogP contribution in [0.1, 0.15) is 21.6 Å². The van der Waals surface area contributed by atoms with Crippen molar-refractivity contribution in [2.45, 2.75) is 13.3 Å². The van der Waals surface area contributed by atoms with E-state index in [4.69, 9.17) is 5.73 Å². The van der Waals surface area contributed by atoms with Crippen LogP contribution in [0, 0.1) is 6.92 Å². The molecule has 5 heteroatoms. The third-order valence-corrected chi connectivity index (χ3v) is 3.21. The van der Waals surface area contributed by atoms with E-state index in [0.29, 0.717) is 17.4 Å². The van der Waals surface area contributed by atoms with Gasteiger partial charge in [-0.15, -0.1) is 11.3 Å². The summed E-state index contributed by atoms with van der Waals surface area (Å²) in [7, 11) is 0. The Hall–Kier alpha value is -1.88. The first-order valence-electron chi connectivity index (χ1n) is 5.70. The van der Waals surface area contributed by atoms with Crippen molar-refractivity contribution in [1.82, 2.24) is 10.3 Å². The van der Waals surface area contributed by atoms with Gasteiger partial charge in [-0.3, -0.25) is 4.79 Å². The monoisotopic (exact) mass is 261 g/mol. The lowest BCUT2D eigenvalue weighted by molar-refractivity contribution is 0.0950. The van der Waals surface area contributed by atoms with Crippen molar-refractivity contribution in [1.29, 1.82) is 0 Å². The fourth-order valence-corrected chi connectivity index (χ4v) is 2.21. The average molecular weight is 261 g/mol. The first-order valence-corrected chi connectivity index (χ1v) is 6.58. The van der Waals surface area contributed by atoms with Gasteiger partial charge in [0.15, 0.2) is 5.13 Å². The zero-order valence-electron chi connectivity index (χ0n) is 10.1. The van der Waals surface area contributed by atoms with E-state index in [-0.39, 0.29) is 5.91 Å². The molecule has 0 spiro atoms. The van der Waals surface area contributed by atoms with Crippen LogP contribution in [0.3, 0.4) is 0 Å². The van der Waals surface area contributed by atoms with Gasteiger partial charge in [0, 0.05) is 11.9 Å². The van der Waals surface area contributed by atoms with Crippen molar-refractivity contribution >= 4 is 22.4 Å². The second kappa shape index (κ2) is 5.64. The molecule has 1 heterocycles. The topological polar surface area (TPSA) is 68.0 Å². The van der Waals surface area contributed by atoms with Crippen molar-refractivity contribution in [3.8, 4) is 0 Å². The maximum atomic E-state index is 11.7. The van der Waals surface area contributed by atoms with Crippen LogP contribution in [0.15, 0.2) is 29.6 Å². The van der Waals surface area contributed by atoms with Gasteiger partial charge in [0.25, 0.3) is 5.91 Å². The third-order valence-electron chi connectivity index (χ3n) is 2.54. The number of nitrogens with two attached hydrogens (primary N) is 1. The molecule has 2 rings (SSSR count). The molecule has 18 heavy (non-hydrogen) atoms. The quantitative estimate of drug-likeness (QED) is 0.884. The van der Waals surface area contributed by atoms with Crippen LogP contribution in [-0.4, -0.2) is 17.4 Å². The van der Waals surface area contributed by atoms with Crippen LogP contribution in [-0.2, 0) is 6.42 Å². The smallest absolute Gasteiger partial charge is 0.270 e. The van der Waals surface area contributed by atoms with Crippen LogP contribution >= 0.6 is 11.3 Å². The van der Waals surface area contributed by atoms with Gasteiger partial charge in [-0.25, -0.2) is 4.98 Å². The molecule has 0 aliphatic heterocycles. The van der Waals surface area contributed by atoms with Crippen LogP contribution in [0.25, 0.3) is 0 Å². The molecule has 0 unspecified atom stereocenters. The van der Waals surface area contributed by atoms with Gasteiger partial charge in [0.05, 0.1) is 0 Å². The SMILES string of the molecule is Cc1cccc(CCNC(=O)c2csc(N)n2)c1. The molecule has 0 saturated heterocycles. The minimum Gasteiger partial charge on any atom is -0.375 e. The number of amides is 1. The Balaban J connectivity index is 1.84. The maximum Gasteiger partial charge on any atom is 0.270 e. The summed E-state index contributed by atoms with van der Waals surface area (Å²) in [5.74, 6) is -0.171. The van der Waals surface area contributed by atoms with E-state index in [2.05, 4.69) is 35.4 Å². The van der Waals surface area contributed by atoms with Gasteiger partial charge in [0.2, 0.25) is 0 Å². The first kappa shape index (κ1) is 12.6. The summed E-state index contributed by atoms with van der Waals surface area (Å²) in [5, 5.41) is 4.91. The number of nitrogens with one attached hydrogen (secondary N) is 1. The molecule has 94 valence electrons. The number of thiazole rings is 1. The Morgan fingerprint density at radius 3 is 3.00 bits per heavy atom. The summed E-state index contributed by atoms with van der Waals surface area (Å²) in [6.45, 7) is 2.65. The molecule has 0 aliphatic rings. The van der Waals surface area contributed by atoms with Crippen LogP contribution in [0.2, 0.25) is 0 Å². The van der Waals surface area contributed by atoms with E-state index in [0.717, 1.165) is 6.42 Å². The lowest BCUT2D eigenvalue weighted by atomic mass is 10.1. The van der Waals surface area contributed by atoms with E-state index in [1.165, 1.54) is 22.5 Å². The lowest BCUT2D eigenvalue weighted by Gasteiger charge is -2.04. The summed E-state index contributed by atoms with van der Waals surface area (Å²) < 4.78 is 0. The number of carbonyl (C=O) groups is 1. The molecule has 2 aromatic rings. The molecule has 4 nitrogen and oxygen atoms in total. The number of aromatic nitrogens is 1. The van der Waals surface area contributed by atoms with Crippen LogP contribution in [0.5, 0.6) is 0 Å². The second-order valence-corrected chi connectivity index (χ2v) is 4.96. The van der Waals surface area contributed by atoms with Crippen LogP contribution in [0.4, 0.5) is 5.13 Å². The van der Waals surface area contributed by atoms with Gasteiger partial charge >= 0.3 is 0 Å². The Morgan fingerprint density at radius 2 is 2.33 bits per heavy atom. The molecule has 3 N–H and O–H groups in total. The predicted molar refractivity (Wildman–Crippen MR) is 73.7 cm³/mol. The Bertz CT molecular complexity index is 551. The zero-order valence-corrected chi connectivity index (χ0v) is 11.0. The van der Waals surface area contributed by atoms with Crippen molar-refractivity contribution in [2.75, 3.05) is 12.3 Å². The minimum absolute atomic E-state index is 0.171. The molecule has 1 amide bonds. The standard InChI is InChI=1S/C13H15N3OS/c1-9-3-2-4-10(7-9)5-6-15-12(17)11-8-18-13(14)16-11/h2-4,7-8H,5-6H2,1H3,(H2,14,16)(H,15,17). The highest BCUT2D eigenvalue weighted by Crippen LogP contribution is 2.10. The number of rotatable bonds is 4. The number of hydrogen-bond donors (Lipinski definition) is 2. The first-order chi connectivity index (χ1) is 8.65. The zero-order chi connectivity index (χ0) is 13.0. The fraction of sp³-hybridized carbons (Fsp3) is 0.231. The molecular formula is C13H15N3OS. The van der Waals surface area contributed by atoms with Gasteiger partial charge in [0.1, 0.15) is 5.69 Å². The third kappa shape index (κ3) is 3.30. The molecule has 0 radical (unpaired) electrons. The molecule has 0 bridgehead atoms. The van der Waals surface area contributed by atoms with E-state index >= 15 is 0 Å². The Labute approximate surface area is 110 Å². The van der Waals surface area contributed by atoms with E-state index in [9.17, 15) is 4.79 Å². The van der Waals surface area contributed by atoms with Gasteiger partial charge < -0.3 is 11.1 Å². The van der Waals surface area contributed by atoms with Crippen LogP contribution < -0.4 is 11.1 Å². The number of hydrogen-bond acceptors (Lipinski definition) is 4. The minimum atomic E-state index is -0.171. The number of anilines is 1. The maximum absolute atomic E-state index is 11.7. The molecule has 0 fully saturated rings. The molecule has 1 aromatic carbocycles.